The van der Waals surface area contributed by atoms with Crippen LogP contribution in [-0.2, 0) is 0 Å². The van der Waals surface area contributed by atoms with Crippen molar-refractivity contribution >= 4 is 17.8 Å². The summed E-state index contributed by atoms with van der Waals surface area (Å²) in [6, 6.07) is 0.223. The van der Waals surface area contributed by atoms with Crippen molar-refractivity contribution in [3.05, 3.63) is 0 Å². The van der Waals surface area contributed by atoms with E-state index < -0.39 is 0 Å². The van der Waals surface area contributed by atoms with Crippen molar-refractivity contribution in [2.24, 2.45) is 0 Å². The fraction of sp³-hybridized carbons (Fsp3) is 0.909. The van der Waals surface area contributed by atoms with Crippen molar-refractivity contribution in [1.82, 2.24) is 10.6 Å². The molecule has 94 valence electrons. The summed E-state index contributed by atoms with van der Waals surface area (Å²) in [5, 5.41) is 15.0. The molecule has 0 spiro atoms. The molecule has 0 saturated heterocycles. The Morgan fingerprint density at radius 2 is 2.31 bits per heavy atom. The number of carbonyl (C=O) groups is 1. The molecule has 1 fully saturated rings. The van der Waals surface area contributed by atoms with Gasteiger partial charge < -0.3 is 15.7 Å². The number of hydrogen-bond donors (Lipinski definition) is 3. The number of urea groups is 1. The summed E-state index contributed by atoms with van der Waals surface area (Å²) in [7, 11) is 0. The standard InChI is InChI=1S/C11H22N2O2S/c1-16-10-5-2-4-9(8-10)13-11(15)12-6-3-7-14/h9-10,14H,2-8H2,1H3,(H2,12,13,15). The van der Waals surface area contributed by atoms with Gasteiger partial charge in [0.25, 0.3) is 0 Å². The first-order chi connectivity index (χ1) is 7.76. The molecule has 4 nitrogen and oxygen atoms in total. The van der Waals surface area contributed by atoms with E-state index in [9.17, 15) is 4.79 Å². The van der Waals surface area contributed by atoms with E-state index in [-0.39, 0.29) is 12.6 Å². The van der Waals surface area contributed by atoms with E-state index in [0.29, 0.717) is 24.3 Å². The Hall–Kier alpha value is -0.420. The minimum absolute atomic E-state index is 0.0970. The third kappa shape index (κ3) is 5.07. The van der Waals surface area contributed by atoms with Crippen LogP contribution in [0.15, 0.2) is 0 Å². The summed E-state index contributed by atoms with van der Waals surface area (Å²) in [6.07, 6.45) is 7.39. The smallest absolute Gasteiger partial charge is 0.315 e. The summed E-state index contributed by atoms with van der Waals surface area (Å²) in [6.45, 7) is 0.666. The van der Waals surface area contributed by atoms with Crippen LogP contribution < -0.4 is 10.6 Å². The van der Waals surface area contributed by atoms with Gasteiger partial charge in [0.2, 0.25) is 0 Å². The molecule has 16 heavy (non-hydrogen) atoms. The van der Waals surface area contributed by atoms with Gasteiger partial charge in [0.05, 0.1) is 0 Å². The molecular formula is C11H22N2O2S. The van der Waals surface area contributed by atoms with Crippen molar-refractivity contribution in [3.63, 3.8) is 0 Å². The van der Waals surface area contributed by atoms with E-state index in [0.717, 1.165) is 12.8 Å². The highest BCUT2D eigenvalue weighted by Crippen LogP contribution is 2.26. The van der Waals surface area contributed by atoms with Gasteiger partial charge in [-0.2, -0.15) is 11.8 Å². The van der Waals surface area contributed by atoms with Gasteiger partial charge in [-0.15, -0.1) is 0 Å². The molecule has 2 amide bonds. The van der Waals surface area contributed by atoms with Gasteiger partial charge in [-0.1, -0.05) is 6.42 Å². The third-order valence-corrected chi connectivity index (χ3v) is 4.01. The molecule has 1 aliphatic rings. The Kier molecular flexibility index (Phi) is 6.64. The maximum atomic E-state index is 11.5. The Morgan fingerprint density at radius 1 is 1.50 bits per heavy atom. The number of amides is 2. The van der Waals surface area contributed by atoms with Gasteiger partial charge in [0.15, 0.2) is 0 Å². The van der Waals surface area contributed by atoms with Crippen LogP contribution in [-0.4, -0.2) is 41.8 Å². The van der Waals surface area contributed by atoms with E-state index in [1.165, 1.54) is 12.8 Å². The SMILES string of the molecule is CSC1CCCC(NC(=O)NCCCO)C1. The van der Waals surface area contributed by atoms with Crippen molar-refractivity contribution in [2.45, 2.75) is 43.4 Å². The molecule has 0 bridgehead atoms. The number of rotatable bonds is 5. The van der Waals surface area contributed by atoms with Crippen molar-refractivity contribution in [1.29, 1.82) is 0 Å². The Labute approximate surface area is 102 Å². The Balaban J connectivity index is 2.17. The second kappa shape index (κ2) is 7.79. The molecule has 3 N–H and O–H groups in total. The van der Waals surface area contributed by atoms with Crippen LogP contribution in [0, 0.1) is 0 Å². The number of aliphatic hydroxyl groups excluding tert-OH is 1. The summed E-state index contributed by atoms with van der Waals surface area (Å²) in [4.78, 5) is 11.5. The molecule has 1 aliphatic carbocycles. The molecule has 0 aromatic heterocycles. The highest BCUT2D eigenvalue weighted by Gasteiger charge is 2.22. The van der Waals surface area contributed by atoms with E-state index in [4.69, 9.17) is 5.11 Å². The molecular weight excluding hydrogens is 224 g/mol. The highest BCUT2D eigenvalue weighted by molar-refractivity contribution is 7.99. The van der Waals surface area contributed by atoms with Gasteiger partial charge in [-0.3, -0.25) is 0 Å². The molecule has 0 aliphatic heterocycles. The zero-order valence-electron chi connectivity index (χ0n) is 9.87. The molecule has 0 aromatic rings. The highest BCUT2D eigenvalue weighted by atomic mass is 32.2. The predicted octanol–water partition coefficient (Wildman–Crippen LogP) is 1.34. The van der Waals surface area contributed by atoms with Crippen molar-refractivity contribution < 1.29 is 9.90 Å². The number of nitrogens with one attached hydrogen (secondary N) is 2. The minimum atomic E-state index is -0.0970. The van der Waals surface area contributed by atoms with Gasteiger partial charge in [-0.05, 0) is 31.9 Å². The van der Waals surface area contributed by atoms with E-state index in [1.807, 2.05) is 11.8 Å². The van der Waals surface area contributed by atoms with E-state index in [2.05, 4.69) is 16.9 Å². The summed E-state index contributed by atoms with van der Waals surface area (Å²) in [5.74, 6) is 0. The zero-order valence-corrected chi connectivity index (χ0v) is 10.7. The largest absolute Gasteiger partial charge is 0.396 e. The molecule has 0 radical (unpaired) electrons. The van der Waals surface area contributed by atoms with E-state index >= 15 is 0 Å². The quantitative estimate of drug-likeness (QED) is 0.642. The molecule has 2 unspecified atom stereocenters. The topological polar surface area (TPSA) is 61.4 Å². The Bertz CT molecular complexity index is 214. The number of carbonyl (C=O) groups excluding carboxylic acids is 1. The average Bonchev–Trinajstić information content (AvgIpc) is 2.29. The summed E-state index contributed by atoms with van der Waals surface area (Å²) in [5.41, 5.74) is 0. The van der Waals surface area contributed by atoms with Gasteiger partial charge in [0, 0.05) is 24.4 Å². The van der Waals surface area contributed by atoms with Crippen LogP contribution in [0.5, 0.6) is 0 Å². The van der Waals surface area contributed by atoms with Crippen LogP contribution in [0.4, 0.5) is 4.79 Å². The van der Waals surface area contributed by atoms with Crippen LogP contribution in [0.2, 0.25) is 0 Å². The molecule has 1 saturated carbocycles. The van der Waals surface area contributed by atoms with Gasteiger partial charge >= 0.3 is 6.03 Å². The number of thioether (sulfide) groups is 1. The fourth-order valence-electron chi connectivity index (χ4n) is 2.01. The maximum absolute atomic E-state index is 11.5. The van der Waals surface area contributed by atoms with Gasteiger partial charge in [0.1, 0.15) is 0 Å². The van der Waals surface area contributed by atoms with Crippen LogP contribution in [0.25, 0.3) is 0 Å². The molecule has 1 rings (SSSR count). The maximum Gasteiger partial charge on any atom is 0.315 e. The van der Waals surface area contributed by atoms with Gasteiger partial charge in [-0.25, -0.2) is 4.79 Å². The zero-order chi connectivity index (χ0) is 11.8. The number of aliphatic hydroxyl groups is 1. The first-order valence-corrected chi connectivity index (χ1v) is 7.23. The fourth-order valence-corrected chi connectivity index (χ4v) is 2.83. The van der Waals surface area contributed by atoms with Crippen molar-refractivity contribution in [2.75, 3.05) is 19.4 Å². The molecule has 0 heterocycles. The molecule has 0 aromatic carbocycles. The van der Waals surface area contributed by atoms with Crippen molar-refractivity contribution in [3.8, 4) is 0 Å². The normalized spacial score (nSPS) is 25.1. The summed E-state index contributed by atoms with van der Waals surface area (Å²) >= 11 is 1.89. The third-order valence-electron chi connectivity index (χ3n) is 2.92. The molecule has 2 atom stereocenters. The van der Waals surface area contributed by atoms with Crippen LogP contribution >= 0.6 is 11.8 Å². The lowest BCUT2D eigenvalue weighted by Crippen LogP contribution is -2.44. The monoisotopic (exact) mass is 246 g/mol. The summed E-state index contributed by atoms with van der Waals surface area (Å²) < 4.78 is 0. The lowest BCUT2D eigenvalue weighted by molar-refractivity contribution is 0.230. The first-order valence-electron chi connectivity index (χ1n) is 5.94. The average molecular weight is 246 g/mol. The first kappa shape index (κ1) is 13.6. The predicted molar refractivity (Wildman–Crippen MR) is 67.8 cm³/mol. The number of hydrogen-bond acceptors (Lipinski definition) is 3. The second-order valence-electron chi connectivity index (χ2n) is 4.20. The Morgan fingerprint density at radius 3 is 3.00 bits per heavy atom. The lowest BCUT2D eigenvalue weighted by Gasteiger charge is -2.28. The molecule has 5 heteroatoms. The van der Waals surface area contributed by atoms with E-state index in [1.54, 1.807) is 0 Å². The minimum Gasteiger partial charge on any atom is -0.396 e. The second-order valence-corrected chi connectivity index (χ2v) is 5.34. The van der Waals surface area contributed by atoms with Crippen LogP contribution in [0.3, 0.4) is 0 Å². The van der Waals surface area contributed by atoms with Crippen LogP contribution in [0.1, 0.15) is 32.1 Å². The lowest BCUT2D eigenvalue weighted by atomic mass is 9.95.